The topological polar surface area (TPSA) is 43.6 Å². The van der Waals surface area contributed by atoms with E-state index in [-0.39, 0.29) is 0 Å². The lowest BCUT2D eigenvalue weighted by molar-refractivity contribution is 0.652. The van der Waals surface area contributed by atoms with Crippen molar-refractivity contribution >= 4 is 33.2 Å². The molecule has 0 atom stereocenters. The van der Waals surface area contributed by atoms with Gasteiger partial charge in [-0.15, -0.1) is 11.3 Å². The van der Waals surface area contributed by atoms with Crippen molar-refractivity contribution in [3.8, 4) is 0 Å². The average molecular weight is 265 g/mol. The normalized spacial score (nSPS) is 11.2. The molecule has 0 aromatic carbocycles. The molecule has 0 unspecified atom stereocenters. The summed E-state index contributed by atoms with van der Waals surface area (Å²) in [6.07, 6.45) is 1.91. The fraction of sp³-hybridized carbons (Fsp3) is 0.182. The third kappa shape index (κ3) is 2.03. The molecule has 4 nitrogen and oxygen atoms in total. The van der Waals surface area contributed by atoms with Crippen molar-refractivity contribution in [1.29, 1.82) is 0 Å². The van der Waals surface area contributed by atoms with Gasteiger partial charge in [0.15, 0.2) is 5.82 Å². The number of hydrogen-bond donors (Lipinski definition) is 0. The highest BCUT2D eigenvalue weighted by atomic mass is 35.5. The van der Waals surface area contributed by atoms with Gasteiger partial charge in [-0.3, -0.25) is 4.68 Å². The SMILES string of the molecule is Cc1ccn(Cc2nc(Cl)c3ccsc3n2)n1. The van der Waals surface area contributed by atoms with E-state index >= 15 is 0 Å². The van der Waals surface area contributed by atoms with Crippen LogP contribution >= 0.6 is 22.9 Å². The molecule has 0 saturated carbocycles. The van der Waals surface area contributed by atoms with Gasteiger partial charge in [-0.1, -0.05) is 11.6 Å². The molecular formula is C11H9ClN4S. The minimum absolute atomic E-state index is 0.509. The Labute approximate surface area is 107 Å². The number of hydrogen-bond acceptors (Lipinski definition) is 4. The van der Waals surface area contributed by atoms with Crippen molar-refractivity contribution in [2.75, 3.05) is 0 Å². The molecule has 0 bridgehead atoms. The molecule has 0 radical (unpaired) electrons. The Kier molecular flexibility index (Phi) is 2.57. The summed E-state index contributed by atoms with van der Waals surface area (Å²) in [5, 5.41) is 7.69. The zero-order valence-electron chi connectivity index (χ0n) is 9.09. The molecule has 0 aliphatic heterocycles. The van der Waals surface area contributed by atoms with E-state index in [0.717, 1.165) is 15.9 Å². The third-order valence-corrected chi connectivity index (χ3v) is 3.50. The number of thiophene rings is 1. The molecular weight excluding hydrogens is 256 g/mol. The van der Waals surface area contributed by atoms with Crippen LogP contribution in [0.4, 0.5) is 0 Å². The fourth-order valence-electron chi connectivity index (χ4n) is 1.63. The molecule has 0 N–H and O–H groups in total. The van der Waals surface area contributed by atoms with Crippen molar-refractivity contribution in [2.45, 2.75) is 13.5 Å². The van der Waals surface area contributed by atoms with Crippen LogP contribution in [0.3, 0.4) is 0 Å². The first-order chi connectivity index (χ1) is 8.22. The van der Waals surface area contributed by atoms with Crippen LogP contribution in [0.5, 0.6) is 0 Å². The Morgan fingerprint density at radius 3 is 3.00 bits per heavy atom. The number of fused-ring (bicyclic) bond motifs is 1. The van der Waals surface area contributed by atoms with Crippen molar-refractivity contribution in [2.24, 2.45) is 0 Å². The van der Waals surface area contributed by atoms with Gasteiger partial charge in [-0.25, -0.2) is 9.97 Å². The lowest BCUT2D eigenvalue weighted by Crippen LogP contribution is -2.05. The summed E-state index contributed by atoms with van der Waals surface area (Å²) in [7, 11) is 0. The van der Waals surface area contributed by atoms with E-state index in [0.29, 0.717) is 17.5 Å². The summed E-state index contributed by atoms with van der Waals surface area (Å²) in [6, 6.07) is 3.88. The zero-order chi connectivity index (χ0) is 11.8. The highest BCUT2D eigenvalue weighted by Crippen LogP contribution is 2.24. The van der Waals surface area contributed by atoms with E-state index < -0.39 is 0 Å². The van der Waals surface area contributed by atoms with Crippen LogP contribution in [0.2, 0.25) is 5.15 Å². The second-order valence-electron chi connectivity index (χ2n) is 3.72. The number of halogens is 1. The van der Waals surface area contributed by atoms with Crippen LogP contribution in [0, 0.1) is 6.92 Å². The quantitative estimate of drug-likeness (QED) is 0.669. The standard InChI is InChI=1S/C11H9ClN4S/c1-7-2-4-16(15-7)6-9-13-10(12)8-3-5-17-11(8)14-9/h2-5H,6H2,1H3. The first-order valence-electron chi connectivity index (χ1n) is 5.12. The molecule has 3 aromatic rings. The molecule has 0 aliphatic rings. The molecule has 0 aliphatic carbocycles. The number of rotatable bonds is 2. The van der Waals surface area contributed by atoms with E-state index in [9.17, 15) is 0 Å². The maximum Gasteiger partial charge on any atom is 0.153 e. The monoisotopic (exact) mass is 264 g/mol. The number of aryl methyl sites for hydroxylation is 1. The molecule has 6 heteroatoms. The van der Waals surface area contributed by atoms with Crippen molar-refractivity contribution in [1.82, 2.24) is 19.7 Å². The molecule has 3 heterocycles. The molecule has 17 heavy (non-hydrogen) atoms. The smallest absolute Gasteiger partial charge is 0.153 e. The largest absolute Gasteiger partial charge is 0.265 e. The van der Waals surface area contributed by atoms with Crippen molar-refractivity contribution in [3.63, 3.8) is 0 Å². The first-order valence-corrected chi connectivity index (χ1v) is 6.38. The van der Waals surface area contributed by atoms with E-state index in [4.69, 9.17) is 11.6 Å². The van der Waals surface area contributed by atoms with Gasteiger partial charge in [0.05, 0.1) is 5.69 Å². The minimum atomic E-state index is 0.509. The van der Waals surface area contributed by atoms with Crippen molar-refractivity contribution in [3.05, 3.63) is 40.4 Å². The number of nitrogens with zero attached hydrogens (tertiary/aromatic N) is 4. The van der Waals surface area contributed by atoms with Gasteiger partial charge >= 0.3 is 0 Å². The van der Waals surface area contributed by atoms with E-state index in [1.807, 2.05) is 30.6 Å². The molecule has 3 rings (SSSR count). The van der Waals surface area contributed by atoms with Gasteiger partial charge < -0.3 is 0 Å². The van der Waals surface area contributed by atoms with Gasteiger partial charge in [0, 0.05) is 11.6 Å². The Balaban J connectivity index is 2.00. The Morgan fingerprint density at radius 2 is 2.24 bits per heavy atom. The predicted molar refractivity (Wildman–Crippen MR) is 68.5 cm³/mol. The van der Waals surface area contributed by atoms with Gasteiger partial charge in [0.1, 0.15) is 16.5 Å². The second kappa shape index (κ2) is 4.09. The second-order valence-corrected chi connectivity index (χ2v) is 4.98. The summed E-state index contributed by atoms with van der Waals surface area (Å²) in [5.41, 5.74) is 0.980. The van der Waals surface area contributed by atoms with Gasteiger partial charge in [-0.05, 0) is 24.4 Å². The van der Waals surface area contributed by atoms with Crippen LogP contribution in [-0.4, -0.2) is 19.7 Å². The molecule has 0 fully saturated rings. The van der Waals surface area contributed by atoms with Gasteiger partial charge in [0.2, 0.25) is 0 Å². The number of aromatic nitrogens is 4. The van der Waals surface area contributed by atoms with Crippen LogP contribution < -0.4 is 0 Å². The molecule has 0 spiro atoms. The summed E-state index contributed by atoms with van der Waals surface area (Å²) < 4.78 is 1.81. The Hall–Kier alpha value is -1.46. The fourth-order valence-corrected chi connectivity index (χ4v) is 2.72. The highest BCUT2D eigenvalue weighted by Gasteiger charge is 2.07. The average Bonchev–Trinajstić information content (AvgIpc) is 2.87. The summed E-state index contributed by atoms with van der Waals surface area (Å²) >= 11 is 7.67. The van der Waals surface area contributed by atoms with Crippen LogP contribution in [-0.2, 0) is 6.54 Å². The summed E-state index contributed by atoms with van der Waals surface area (Å²) in [6.45, 7) is 2.49. The summed E-state index contributed by atoms with van der Waals surface area (Å²) in [5.74, 6) is 0.688. The lowest BCUT2D eigenvalue weighted by atomic mass is 10.4. The van der Waals surface area contributed by atoms with Crippen molar-refractivity contribution < 1.29 is 0 Å². The van der Waals surface area contributed by atoms with Gasteiger partial charge in [0.25, 0.3) is 0 Å². The molecule has 3 aromatic heterocycles. The predicted octanol–water partition coefficient (Wildman–Crippen LogP) is 2.90. The summed E-state index contributed by atoms with van der Waals surface area (Å²) in [4.78, 5) is 9.66. The molecule has 86 valence electrons. The van der Waals surface area contributed by atoms with E-state index in [2.05, 4.69) is 15.1 Å². The maximum absolute atomic E-state index is 6.10. The minimum Gasteiger partial charge on any atom is -0.265 e. The first kappa shape index (κ1) is 10.7. The third-order valence-electron chi connectivity index (χ3n) is 2.40. The Bertz CT molecular complexity index is 673. The van der Waals surface area contributed by atoms with Gasteiger partial charge in [-0.2, -0.15) is 5.10 Å². The Morgan fingerprint density at radius 1 is 1.35 bits per heavy atom. The zero-order valence-corrected chi connectivity index (χ0v) is 10.7. The maximum atomic E-state index is 6.10. The molecule has 0 saturated heterocycles. The molecule has 0 amide bonds. The lowest BCUT2D eigenvalue weighted by Gasteiger charge is -2.01. The van der Waals surface area contributed by atoms with E-state index in [1.54, 1.807) is 16.0 Å². The van der Waals surface area contributed by atoms with Crippen LogP contribution in [0.15, 0.2) is 23.7 Å². The van der Waals surface area contributed by atoms with Crippen LogP contribution in [0.25, 0.3) is 10.2 Å². The van der Waals surface area contributed by atoms with E-state index in [1.165, 1.54) is 0 Å². The van der Waals surface area contributed by atoms with Crippen LogP contribution in [0.1, 0.15) is 11.5 Å². The highest BCUT2D eigenvalue weighted by molar-refractivity contribution is 7.16.